The molecule has 3 aromatic carbocycles. The Morgan fingerprint density at radius 1 is 0.842 bits per heavy atom. The third-order valence-electron chi connectivity index (χ3n) is 8.58. The van der Waals surface area contributed by atoms with Crippen LogP contribution < -0.4 is 15.6 Å². The number of carbonyl (C=O) groups excluding carboxylic acids is 2. The Bertz CT molecular complexity index is 1130. The van der Waals surface area contributed by atoms with E-state index in [0.717, 1.165) is 6.29 Å². The van der Waals surface area contributed by atoms with E-state index in [4.69, 9.17) is 4.43 Å². The van der Waals surface area contributed by atoms with Crippen LogP contribution in [-0.2, 0) is 14.0 Å². The van der Waals surface area contributed by atoms with E-state index >= 15 is 0 Å². The number of nitrogens with zero attached hydrogens (tertiary/aromatic N) is 1. The summed E-state index contributed by atoms with van der Waals surface area (Å²) < 4.78 is 8.97. The SMILES string of the molecule is C[C@@H](O[Si](C)(C)C(C)(C)C)[C@H]1C(=O)N([Si](c2ccccc2)(c2ccccc2)c2ccccc2)[C@@H]1CCC=O. The standard InChI is InChI=1S/C32H41NO3Si2/c1-25(36-37(5,6)32(2,3)4)30-29(23-16-24-34)33(31(30)35)38(26-17-10-7-11-18-26,27-19-12-8-13-20-27)28-21-14-9-15-22-28/h7-15,17-22,24-25,29-30H,16,23H2,1-6H3/t25-,29-,30-/m1/s1. The maximum absolute atomic E-state index is 14.5. The Morgan fingerprint density at radius 3 is 1.63 bits per heavy atom. The Morgan fingerprint density at radius 2 is 1.26 bits per heavy atom. The molecular formula is C32H41NO3Si2. The van der Waals surface area contributed by atoms with E-state index in [2.05, 4.69) is 118 Å². The minimum atomic E-state index is -2.98. The zero-order valence-electron chi connectivity index (χ0n) is 23.6. The summed E-state index contributed by atoms with van der Waals surface area (Å²) in [5, 5.41) is 3.54. The molecule has 1 fully saturated rings. The minimum absolute atomic E-state index is 0.0443. The van der Waals surface area contributed by atoms with Gasteiger partial charge in [0.1, 0.15) is 6.29 Å². The van der Waals surface area contributed by atoms with Crippen LogP contribution in [0.4, 0.5) is 0 Å². The van der Waals surface area contributed by atoms with Crippen LogP contribution in [0.5, 0.6) is 0 Å². The van der Waals surface area contributed by atoms with Gasteiger partial charge in [-0.1, -0.05) is 112 Å². The summed E-state index contributed by atoms with van der Waals surface area (Å²) in [7, 11) is -5.07. The van der Waals surface area contributed by atoms with Crippen LogP contribution in [-0.4, -0.2) is 45.5 Å². The Balaban J connectivity index is 1.89. The lowest BCUT2D eigenvalue weighted by Gasteiger charge is -2.59. The van der Waals surface area contributed by atoms with Crippen molar-refractivity contribution in [1.29, 1.82) is 0 Å². The molecule has 0 aliphatic carbocycles. The number of hydrogen-bond acceptors (Lipinski definition) is 3. The van der Waals surface area contributed by atoms with Crippen molar-refractivity contribution < 1.29 is 14.0 Å². The van der Waals surface area contributed by atoms with E-state index in [1.54, 1.807) is 0 Å². The summed E-state index contributed by atoms with van der Waals surface area (Å²) in [4.78, 5) is 26.1. The molecule has 3 aromatic rings. The van der Waals surface area contributed by atoms with Gasteiger partial charge in [-0.2, -0.15) is 0 Å². The van der Waals surface area contributed by atoms with E-state index in [9.17, 15) is 9.59 Å². The van der Waals surface area contributed by atoms with Crippen LogP contribution in [0.2, 0.25) is 18.1 Å². The van der Waals surface area contributed by atoms with Gasteiger partial charge in [0, 0.05) is 12.5 Å². The Labute approximate surface area is 230 Å². The molecule has 1 aliphatic rings. The van der Waals surface area contributed by atoms with Crippen LogP contribution in [0.3, 0.4) is 0 Å². The molecule has 0 unspecified atom stereocenters. The zero-order valence-corrected chi connectivity index (χ0v) is 25.6. The van der Waals surface area contributed by atoms with Crippen LogP contribution in [0.25, 0.3) is 0 Å². The molecule has 0 aromatic heterocycles. The predicted molar refractivity (Wildman–Crippen MR) is 161 cm³/mol. The highest BCUT2D eigenvalue weighted by atomic mass is 28.4. The molecule has 200 valence electrons. The van der Waals surface area contributed by atoms with Gasteiger partial charge in [-0.3, -0.25) is 4.79 Å². The number of amides is 1. The number of aldehydes is 1. The summed E-state index contributed by atoms with van der Waals surface area (Å²) >= 11 is 0. The molecule has 1 saturated heterocycles. The predicted octanol–water partition coefficient (Wildman–Crippen LogP) is 4.87. The molecule has 0 radical (unpaired) electrons. The van der Waals surface area contributed by atoms with Gasteiger partial charge in [-0.05, 0) is 47.0 Å². The van der Waals surface area contributed by atoms with Gasteiger partial charge in [0.25, 0.3) is 8.24 Å². The highest BCUT2D eigenvalue weighted by Crippen LogP contribution is 2.42. The smallest absolute Gasteiger partial charge is 0.255 e. The molecule has 4 rings (SSSR count). The fraction of sp³-hybridized carbons (Fsp3) is 0.375. The van der Waals surface area contributed by atoms with Crippen molar-refractivity contribution >= 4 is 44.3 Å². The molecule has 0 saturated carbocycles. The number of rotatable bonds is 10. The second-order valence-corrected chi connectivity index (χ2v) is 20.3. The summed E-state index contributed by atoms with van der Waals surface area (Å²) in [5.74, 6) is -0.137. The first-order chi connectivity index (χ1) is 18.1. The normalized spacial score (nSPS) is 19.1. The summed E-state index contributed by atoms with van der Waals surface area (Å²) in [6.07, 6.45) is 1.81. The van der Waals surface area contributed by atoms with Crippen molar-refractivity contribution in [3.8, 4) is 0 Å². The second kappa shape index (κ2) is 11.1. The van der Waals surface area contributed by atoms with Crippen molar-refractivity contribution in [1.82, 2.24) is 4.57 Å². The number of carbonyl (C=O) groups is 2. The maximum Gasteiger partial charge on any atom is 0.255 e. The third kappa shape index (κ3) is 4.97. The maximum atomic E-state index is 14.5. The van der Waals surface area contributed by atoms with Crippen molar-refractivity contribution in [3.63, 3.8) is 0 Å². The highest BCUT2D eigenvalue weighted by molar-refractivity contribution is 7.10. The van der Waals surface area contributed by atoms with E-state index in [-0.39, 0.29) is 29.0 Å². The quantitative estimate of drug-likeness (QED) is 0.159. The first-order valence-electron chi connectivity index (χ1n) is 13.7. The monoisotopic (exact) mass is 543 g/mol. The van der Waals surface area contributed by atoms with Gasteiger partial charge in [-0.15, -0.1) is 0 Å². The fourth-order valence-corrected chi connectivity index (χ4v) is 12.3. The van der Waals surface area contributed by atoms with Crippen molar-refractivity contribution in [3.05, 3.63) is 91.0 Å². The molecule has 1 amide bonds. The first kappa shape index (κ1) is 28.2. The van der Waals surface area contributed by atoms with Gasteiger partial charge in [0.05, 0.1) is 12.0 Å². The largest absolute Gasteiger partial charge is 0.413 e. The molecular weight excluding hydrogens is 503 g/mol. The fourth-order valence-electron chi connectivity index (χ4n) is 5.71. The molecule has 6 heteroatoms. The van der Waals surface area contributed by atoms with E-state index < -0.39 is 16.6 Å². The summed E-state index contributed by atoms with van der Waals surface area (Å²) in [6.45, 7) is 13.2. The number of benzene rings is 3. The van der Waals surface area contributed by atoms with Crippen LogP contribution >= 0.6 is 0 Å². The lowest BCUT2D eigenvalue weighted by atomic mass is 9.83. The topological polar surface area (TPSA) is 46.6 Å². The Kier molecular flexibility index (Phi) is 8.26. The van der Waals surface area contributed by atoms with E-state index in [1.165, 1.54) is 15.6 Å². The molecule has 1 aliphatic heterocycles. The van der Waals surface area contributed by atoms with Crippen molar-refractivity contribution in [2.24, 2.45) is 5.92 Å². The lowest BCUT2D eigenvalue weighted by molar-refractivity contribution is -0.154. The van der Waals surface area contributed by atoms with Crippen LogP contribution in [0, 0.1) is 5.92 Å². The average Bonchev–Trinajstić information content (AvgIpc) is 2.90. The van der Waals surface area contributed by atoms with Crippen LogP contribution in [0.15, 0.2) is 91.0 Å². The van der Waals surface area contributed by atoms with Gasteiger partial charge >= 0.3 is 0 Å². The molecule has 0 spiro atoms. The zero-order chi connectivity index (χ0) is 27.6. The summed E-state index contributed by atoms with van der Waals surface area (Å²) in [6, 6.07) is 31.4. The number of β-lactam (4-membered cyclic amide) rings is 1. The van der Waals surface area contributed by atoms with Gasteiger partial charge in [0.15, 0.2) is 8.32 Å². The highest BCUT2D eigenvalue weighted by Gasteiger charge is 2.61. The molecule has 3 atom stereocenters. The first-order valence-corrected chi connectivity index (χ1v) is 18.5. The summed E-state index contributed by atoms with van der Waals surface area (Å²) in [5.41, 5.74) is 0. The molecule has 4 nitrogen and oxygen atoms in total. The van der Waals surface area contributed by atoms with Gasteiger partial charge in [-0.25, -0.2) is 0 Å². The second-order valence-electron chi connectivity index (χ2n) is 11.9. The van der Waals surface area contributed by atoms with Gasteiger partial charge in [0.2, 0.25) is 5.91 Å². The molecule has 38 heavy (non-hydrogen) atoms. The van der Waals surface area contributed by atoms with E-state index in [0.29, 0.717) is 12.8 Å². The molecule has 0 N–H and O–H groups in total. The lowest BCUT2D eigenvalue weighted by Crippen LogP contribution is -2.86. The average molecular weight is 544 g/mol. The van der Waals surface area contributed by atoms with Crippen molar-refractivity contribution in [2.75, 3.05) is 0 Å². The Hall–Kier alpha value is -2.81. The van der Waals surface area contributed by atoms with E-state index in [1.807, 2.05) is 18.2 Å². The molecule has 0 bridgehead atoms. The van der Waals surface area contributed by atoms with Crippen molar-refractivity contribution in [2.45, 2.75) is 70.8 Å². The number of hydrogen-bond donors (Lipinski definition) is 0. The minimum Gasteiger partial charge on any atom is -0.413 e. The molecule has 1 heterocycles. The third-order valence-corrected chi connectivity index (χ3v) is 17.9. The van der Waals surface area contributed by atoms with Gasteiger partial charge < -0.3 is 13.8 Å². The van der Waals surface area contributed by atoms with Crippen LogP contribution in [0.1, 0.15) is 40.5 Å².